The average Bonchev–Trinajstić information content (AvgIpc) is 3.06. The number of carbonyl (C=O) groups excluding carboxylic acids is 1. The van der Waals surface area contributed by atoms with Crippen LogP contribution in [0.1, 0.15) is 46.1 Å². The number of amides is 1. The van der Waals surface area contributed by atoms with Crippen LogP contribution in [-0.2, 0) is 0 Å². The molecule has 4 rings (SSSR count). The van der Waals surface area contributed by atoms with E-state index in [2.05, 4.69) is 16.2 Å². The van der Waals surface area contributed by atoms with Crippen LogP contribution in [0.25, 0.3) is 11.3 Å². The third-order valence-electron chi connectivity index (χ3n) is 5.42. The Labute approximate surface area is 163 Å². The molecule has 3 aromatic rings. The van der Waals surface area contributed by atoms with Crippen molar-refractivity contribution in [2.24, 2.45) is 0 Å². The Kier molecular flexibility index (Phi) is 4.94. The quantitative estimate of drug-likeness (QED) is 0.672. The molecule has 1 fully saturated rings. The van der Waals surface area contributed by atoms with Gasteiger partial charge in [0.1, 0.15) is 11.6 Å². The van der Waals surface area contributed by atoms with Gasteiger partial charge in [-0.1, -0.05) is 5.16 Å². The number of rotatable bonds is 3. The summed E-state index contributed by atoms with van der Waals surface area (Å²) >= 11 is 0. The molecular formula is C22H22FN3O2. The molecule has 5 nitrogen and oxygen atoms in total. The van der Waals surface area contributed by atoms with Crippen molar-refractivity contribution in [2.75, 3.05) is 13.1 Å². The average molecular weight is 379 g/mol. The number of halogens is 1. The molecule has 0 aliphatic carbocycles. The summed E-state index contributed by atoms with van der Waals surface area (Å²) in [7, 11) is 0. The Balaban J connectivity index is 1.46. The van der Waals surface area contributed by atoms with Crippen molar-refractivity contribution in [3.63, 3.8) is 0 Å². The van der Waals surface area contributed by atoms with Gasteiger partial charge in [-0.2, -0.15) is 0 Å². The Morgan fingerprint density at radius 2 is 1.86 bits per heavy atom. The lowest BCUT2D eigenvalue weighted by atomic mass is 9.89. The molecule has 0 bridgehead atoms. The number of aryl methyl sites for hydroxylation is 2. The van der Waals surface area contributed by atoms with E-state index in [1.54, 1.807) is 12.1 Å². The van der Waals surface area contributed by atoms with Crippen LogP contribution in [0.15, 0.2) is 47.1 Å². The van der Waals surface area contributed by atoms with E-state index in [0.29, 0.717) is 24.6 Å². The number of aromatic nitrogens is 2. The van der Waals surface area contributed by atoms with E-state index < -0.39 is 0 Å². The standard InChI is InChI=1S/C22H22FN3O2/c1-14-21(15(2)28-25-14)20-13-18(7-10-24-20)16-8-11-26(12-9-16)22(27)17-3-5-19(23)6-4-17/h3-7,10,13,16H,8-9,11-12H2,1-2H3. The highest BCUT2D eigenvalue weighted by Gasteiger charge is 2.25. The first-order chi connectivity index (χ1) is 13.5. The molecule has 0 unspecified atom stereocenters. The smallest absolute Gasteiger partial charge is 0.253 e. The minimum Gasteiger partial charge on any atom is -0.361 e. The maximum atomic E-state index is 13.1. The molecule has 3 heterocycles. The number of carbonyl (C=O) groups is 1. The summed E-state index contributed by atoms with van der Waals surface area (Å²) < 4.78 is 18.3. The van der Waals surface area contributed by atoms with Crippen LogP contribution in [0, 0.1) is 19.7 Å². The van der Waals surface area contributed by atoms with Gasteiger partial charge < -0.3 is 9.42 Å². The summed E-state index contributed by atoms with van der Waals surface area (Å²) in [6, 6.07) is 9.89. The van der Waals surface area contributed by atoms with Gasteiger partial charge >= 0.3 is 0 Å². The van der Waals surface area contributed by atoms with Gasteiger partial charge in [-0.25, -0.2) is 4.39 Å². The lowest BCUT2D eigenvalue weighted by molar-refractivity contribution is 0.0713. The zero-order chi connectivity index (χ0) is 19.7. The minimum atomic E-state index is -0.331. The summed E-state index contributed by atoms with van der Waals surface area (Å²) in [5.74, 6) is 0.771. The van der Waals surface area contributed by atoms with Crippen molar-refractivity contribution < 1.29 is 13.7 Å². The van der Waals surface area contributed by atoms with Gasteiger partial charge in [0.15, 0.2) is 0 Å². The van der Waals surface area contributed by atoms with Crippen molar-refractivity contribution in [1.82, 2.24) is 15.0 Å². The van der Waals surface area contributed by atoms with E-state index in [0.717, 1.165) is 35.6 Å². The first kappa shape index (κ1) is 18.3. The molecular weight excluding hydrogens is 357 g/mol. The predicted molar refractivity (Wildman–Crippen MR) is 103 cm³/mol. The Morgan fingerprint density at radius 3 is 2.50 bits per heavy atom. The summed E-state index contributed by atoms with van der Waals surface area (Å²) in [6.07, 6.45) is 3.60. The molecule has 0 N–H and O–H groups in total. The molecule has 1 aromatic carbocycles. The SMILES string of the molecule is Cc1noc(C)c1-c1cc(C2CCN(C(=O)c3ccc(F)cc3)CC2)ccn1. The zero-order valence-corrected chi connectivity index (χ0v) is 16.0. The van der Waals surface area contributed by atoms with E-state index in [4.69, 9.17) is 4.52 Å². The molecule has 28 heavy (non-hydrogen) atoms. The highest BCUT2D eigenvalue weighted by atomic mass is 19.1. The molecule has 0 saturated carbocycles. The first-order valence-corrected chi connectivity index (χ1v) is 9.47. The van der Waals surface area contributed by atoms with Crippen LogP contribution < -0.4 is 0 Å². The second-order valence-electron chi connectivity index (χ2n) is 7.25. The van der Waals surface area contributed by atoms with Crippen molar-refractivity contribution in [3.05, 3.63) is 71.0 Å². The Morgan fingerprint density at radius 1 is 1.14 bits per heavy atom. The number of benzene rings is 1. The highest BCUT2D eigenvalue weighted by Crippen LogP contribution is 2.32. The molecule has 1 aliphatic rings. The van der Waals surface area contributed by atoms with Crippen LogP contribution in [0.2, 0.25) is 0 Å². The maximum Gasteiger partial charge on any atom is 0.253 e. The number of piperidine rings is 1. The van der Waals surface area contributed by atoms with Crippen molar-refractivity contribution in [2.45, 2.75) is 32.6 Å². The van der Waals surface area contributed by atoms with E-state index in [1.165, 1.54) is 17.7 Å². The molecule has 6 heteroatoms. The van der Waals surface area contributed by atoms with Crippen LogP contribution in [0.5, 0.6) is 0 Å². The summed E-state index contributed by atoms with van der Waals surface area (Å²) in [5.41, 5.74) is 4.41. The van der Waals surface area contributed by atoms with Gasteiger partial charge in [0, 0.05) is 24.8 Å². The minimum absolute atomic E-state index is 0.0374. The van der Waals surface area contributed by atoms with Crippen LogP contribution in [-0.4, -0.2) is 34.0 Å². The van der Waals surface area contributed by atoms with E-state index in [9.17, 15) is 9.18 Å². The summed E-state index contributed by atoms with van der Waals surface area (Å²) in [5, 5.41) is 4.02. The molecule has 2 aromatic heterocycles. The van der Waals surface area contributed by atoms with Gasteiger partial charge in [-0.15, -0.1) is 0 Å². The van der Waals surface area contributed by atoms with Gasteiger partial charge in [-0.3, -0.25) is 9.78 Å². The molecule has 0 radical (unpaired) electrons. The van der Waals surface area contributed by atoms with E-state index in [-0.39, 0.29) is 11.7 Å². The monoisotopic (exact) mass is 379 g/mol. The van der Waals surface area contributed by atoms with Gasteiger partial charge in [0.25, 0.3) is 5.91 Å². The maximum absolute atomic E-state index is 13.1. The van der Waals surface area contributed by atoms with E-state index >= 15 is 0 Å². The number of hydrogen-bond acceptors (Lipinski definition) is 4. The largest absolute Gasteiger partial charge is 0.361 e. The van der Waals surface area contributed by atoms with Crippen LogP contribution >= 0.6 is 0 Å². The fraction of sp³-hybridized carbons (Fsp3) is 0.318. The fourth-order valence-corrected chi connectivity index (χ4v) is 3.88. The predicted octanol–water partition coefficient (Wildman–Crippen LogP) is 4.51. The highest BCUT2D eigenvalue weighted by molar-refractivity contribution is 5.94. The van der Waals surface area contributed by atoms with Crippen molar-refractivity contribution >= 4 is 5.91 Å². The number of pyridine rings is 1. The number of hydrogen-bond donors (Lipinski definition) is 0. The lowest BCUT2D eigenvalue weighted by Gasteiger charge is -2.32. The molecule has 144 valence electrons. The fourth-order valence-electron chi connectivity index (χ4n) is 3.88. The first-order valence-electron chi connectivity index (χ1n) is 9.47. The Bertz CT molecular complexity index is 970. The third-order valence-corrected chi connectivity index (χ3v) is 5.42. The molecule has 1 amide bonds. The molecule has 0 atom stereocenters. The second kappa shape index (κ2) is 7.54. The van der Waals surface area contributed by atoms with E-state index in [1.807, 2.05) is 31.0 Å². The lowest BCUT2D eigenvalue weighted by Crippen LogP contribution is -2.37. The van der Waals surface area contributed by atoms with Crippen LogP contribution in [0.3, 0.4) is 0 Å². The molecule has 0 spiro atoms. The topological polar surface area (TPSA) is 59.2 Å². The van der Waals surface area contributed by atoms with Crippen LogP contribution in [0.4, 0.5) is 4.39 Å². The van der Waals surface area contributed by atoms with Crippen molar-refractivity contribution in [1.29, 1.82) is 0 Å². The zero-order valence-electron chi connectivity index (χ0n) is 16.0. The van der Waals surface area contributed by atoms with Gasteiger partial charge in [-0.05, 0) is 74.6 Å². The van der Waals surface area contributed by atoms with Gasteiger partial charge in [0.05, 0.1) is 17.0 Å². The second-order valence-corrected chi connectivity index (χ2v) is 7.25. The van der Waals surface area contributed by atoms with Crippen molar-refractivity contribution in [3.8, 4) is 11.3 Å². The number of nitrogens with zero attached hydrogens (tertiary/aromatic N) is 3. The summed E-state index contributed by atoms with van der Waals surface area (Å²) in [4.78, 5) is 19.0. The Hall–Kier alpha value is -3.02. The normalized spacial score (nSPS) is 15.0. The summed E-state index contributed by atoms with van der Waals surface area (Å²) in [6.45, 7) is 5.18. The molecule has 1 aliphatic heterocycles. The number of likely N-dealkylation sites (tertiary alicyclic amines) is 1. The third kappa shape index (κ3) is 3.54. The van der Waals surface area contributed by atoms with Gasteiger partial charge in [0.2, 0.25) is 0 Å². The molecule has 1 saturated heterocycles.